The Labute approximate surface area is 77.0 Å². The first-order valence-electron chi connectivity index (χ1n) is 3.97. The van der Waals surface area contributed by atoms with E-state index in [2.05, 4.69) is 0 Å². The second-order valence-electron chi connectivity index (χ2n) is 2.92. The standard InChI is InChI=1S/C8H14N2OS/c1-6(3-9)10-7(2)4-12-5-8(10)11/h4,6H,3,5,9H2,1-2H3. The van der Waals surface area contributed by atoms with Gasteiger partial charge in [0.2, 0.25) is 5.91 Å². The zero-order valence-electron chi connectivity index (χ0n) is 7.41. The topological polar surface area (TPSA) is 46.3 Å². The Morgan fingerprint density at radius 1 is 1.83 bits per heavy atom. The quantitative estimate of drug-likeness (QED) is 0.693. The van der Waals surface area contributed by atoms with Gasteiger partial charge >= 0.3 is 0 Å². The molecule has 2 N–H and O–H groups in total. The summed E-state index contributed by atoms with van der Waals surface area (Å²) < 4.78 is 0. The van der Waals surface area contributed by atoms with Crippen LogP contribution >= 0.6 is 11.8 Å². The molecule has 1 atom stereocenters. The maximum absolute atomic E-state index is 11.4. The molecule has 3 nitrogen and oxygen atoms in total. The molecule has 0 aromatic rings. The van der Waals surface area contributed by atoms with Crippen LogP contribution in [-0.4, -0.2) is 29.1 Å². The van der Waals surface area contributed by atoms with Crippen LogP contribution in [0.1, 0.15) is 13.8 Å². The van der Waals surface area contributed by atoms with E-state index in [1.54, 1.807) is 16.7 Å². The third-order valence-corrected chi connectivity index (χ3v) is 2.81. The summed E-state index contributed by atoms with van der Waals surface area (Å²) in [6, 6.07) is 0.120. The Morgan fingerprint density at radius 3 is 3.00 bits per heavy atom. The van der Waals surface area contributed by atoms with E-state index < -0.39 is 0 Å². The van der Waals surface area contributed by atoms with Gasteiger partial charge < -0.3 is 10.6 Å². The first-order chi connectivity index (χ1) is 5.66. The van der Waals surface area contributed by atoms with Crippen molar-refractivity contribution in [3.05, 3.63) is 11.1 Å². The zero-order chi connectivity index (χ0) is 9.14. The van der Waals surface area contributed by atoms with Crippen LogP contribution < -0.4 is 5.73 Å². The minimum atomic E-state index is 0.120. The highest BCUT2D eigenvalue weighted by Gasteiger charge is 2.23. The molecule has 1 aliphatic heterocycles. The molecule has 1 aliphatic rings. The van der Waals surface area contributed by atoms with Crippen LogP contribution in [0.25, 0.3) is 0 Å². The molecule has 1 heterocycles. The van der Waals surface area contributed by atoms with E-state index in [0.29, 0.717) is 12.3 Å². The van der Waals surface area contributed by atoms with Gasteiger partial charge in [0.25, 0.3) is 0 Å². The second-order valence-corrected chi connectivity index (χ2v) is 3.78. The summed E-state index contributed by atoms with van der Waals surface area (Å²) in [5.74, 6) is 0.708. The van der Waals surface area contributed by atoms with Crippen molar-refractivity contribution in [2.45, 2.75) is 19.9 Å². The largest absolute Gasteiger partial charge is 0.328 e. The van der Waals surface area contributed by atoms with Crippen LogP contribution in [0.3, 0.4) is 0 Å². The van der Waals surface area contributed by atoms with Gasteiger partial charge in [0.15, 0.2) is 0 Å². The Kier molecular flexibility index (Phi) is 3.17. The fourth-order valence-corrected chi connectivity index (χ4v) is 1.98. The van der Waals surface area contributed by atoms with Crippen LogP contribution in [0.4, 0.5) is 0 Å². The van der Waals surface area contributed by atoms with Crippen LogP contribution in [0, 0.1) is 0 Å². The minimum Gasteiger partial charge on any atom is -0.328 e. The van der Waals surface area contributed by atoms with Gasteiger partial charge in [0.05, 0.1) is 5.75 Å². The van der Waals surface area contributed by atoms with Gasteiger partial charge in [0.1, 0.15) is 0 Å². The Morgan fingerprint density at radius 2 is 2.50 bits per heavy atom. The minimum absolute atomic E-state index is 0.120. The van der Waals surface area contributed by atoms with Gasteiger partial charge in [-0.2, -0.15) is 0 Å². The molecular weight excluding hydrogens is 172 g/mol. The Hall–Kier alpha value is -0.480. The highest BCUT2D eigenvalue weighted by atomic mass is 32.2. The molecule has 1 rings (SSSR count). The van der Waals surface area contributed by atoms with Crippen molar-refractivity contribution in [2.24, 2.45) is 5.73 Å². The van der Waals surface area contributed by atoms with Gasteiger partial charge in [-0.3, -0.25) is 4.79 Å². The molecule has 0 saturated carbocycles. The monoisotopic (exact) mass is 186 g/mol. The van der Waals surface area contributed by atoms with Gasteiger partial charge in [-0.15, -0.1) is 11.8 Å². The molecule has 0 aromatic carbocycles. The van der Waals surface area contributed by atoms with Gasteiger partial charge in [0, 0.05) is 18.3 Å². The number of carbonyl (C=O) groups excluding carboxylic acids is 1. The van der Waals surface area contributed by atoms with Crippen LogP contribution in [0.5, 0.6) is 0 Å². The summed E-state index contributed by atoms with van der Waals surface area (Å²) in [5, 5.41) is 2.01. The number of allylic oxidation sites excluding steroid dienone is 1. The number of nitrogens with zero attached hydrogens (tertiary/aromatic N) is 1. The van der Waals surface area contributed by atoms with E-state index in [0.717, 1.165) is 5.70 Å². The fourth-order valence-electron chi connectivity index (χ4n) is 1.26. The molecule has 4 heteroatoms. The number of amides is 1. The van der Waals surface area contributed by atoms with Crippen molar-refractivity contribution in [2.75, 3.05) is 12.3 Å². The predicted octanol–water partition coefficient (Wildman–Crippen LogP) is 0.770. The molecule has 68 valence electrons. The summed E-state index contributed by atoms with van der Waals surface area (Å²) in [6.45, 7) is 4.42. The van der Waals surface area contributed by atoms with E-state index in [9.17, 15) is 4.79 Å². The van der Waals surface area contributed by atoms with Crippen molar-refractivity contribution >= 4 is 17.7 Å². The van der Waals surface area contributed by atoms with E-state index in [1.165, 1.54) is 0 Å². The first-order valence-corrected chi connectivity index (χ1v) is 5.02. The summed E-state index contributed by atoms with van der Waals surface area (Å²) in [4.78, 5) is 13.2. The second kappa shape index (κ2) is 3.96. The summed E-state index contributed by atoms with van der Waals surface area (Å²) in [6.07, 6.45) is 0. The van der Waals surface area contributed by atoms with Crippen molar-refractivity contribution in [3.63, 3.8) is 0 Å². The van der Waals surface area contributed by atoms with Gasteiger partial charge in [-0.05, 0) is 19.3 Å². The lowest BCUT2D eigenvalue weighted by molar-refractivity contribution is -0.128. The maximum Gasteiger partial charge on any atom is 0.237 e. The number of thioether (sulfide) groups is 1. The third kappa shape index (κ3) is 1.81. The van der Waals surface area contributed by atoms with Crippen LogP contribution in [-0.2, 0) is 4.79 Å². The highest BCUT2D eigenvalue weighted by molar-refractivity contribution is 8.02. The molecular formula is C8H14N2OS. The van der Waals surface area contributed by atoms with E-state index in [1.807, 2.05) is 19.3 Å². The fraction of sp³-hybridized carbons (Fsp3) is 0.625. The smallest absolute Gasteiger partial charge is 0.237 e. The predicted molar refractivity (Wildman–Crippen MR) is 51.6 cm³/mol. The normalized spacial score (nSPS) is 20.8. The molecule has 0 fully saturated rings. The molecule has 1 amide bonds. The molecule has 0 saturated heterocycles. The number of hydrogen-bond donors (Lipinski definition) is 1. The molecule has 1 unspecified atom stereocenters. The van der Waals surface area contributed by atoms with E-state index in [-0.39, 0.29) is 11.9 Å². The lowest BCUT2D eigenvalue weighted by Crippen LogP contribution is -2.43. The lowest BCUT2D eigenvalue weighted by atomic mass is 10.2. The summed E-state index contributed by atoms with van der Waals surface area (Å²) in [5.41, 5.74) is 6.51. The van der Waals surface area contributed by atoms with Gasteiger partial charge in [-0.1, -0.05) is 0 Å². The maximum atomic E-state index is 11.4. The van der Waals surface area contributed by atoms with Crippen molar-refractivity contribution in [1.82, 2.24) is 4.90 Å². The van der Waals surface area contributed by atoms with Gasteiger partial charge in [-0.25, -0.2) is 0 Å². The van der Waals surface area contributed by atoms with Crippen LogP contribution in [0.15, 0.2) is 11.1 Å². The molecule has 0 aliphatic carbocycles. The summed E-state index contributed by atoms with van der Waals surface area (Å²) >= 11 is 1.55. The average molecular weight is 186 g/mol. The first kappa shape index (κ1) is 9.61. The average Bonchev–Trinajstić information content (AvgIpc) is 2.03. The number of hydrogen-bond acceptors (Lipinski definition) is 3. The zero-order valence-corrected chi connectivity index (χ0v) is 8.23. The van der Waals surface area contributed by atoms with E-state index >= 15 is 0 Å². The number of carbonyl (C=O) groups is 1. The summed E-state index contributed by atoms with van der Waals surface area (Å²) in [7, 11) is 0. The van der Waals surface area contributed by atoms with Crippen LogP contribution in [0.2, 0.25) is 0 Å². The van der Waals surface area contributed by atoms with Crippen molar-refractivity contribution in [3.8, 4) is 0 Å². The Bertz CT molecular complexity index is 215. The van der Waals surface area contributed by atoms with Crippen molar-refractivity contribution < 1.29 is 4.79 Å². The molecule has 0 radical (unpaired) electrons. The van der Waals surface area contributed by atoms with Crippen molar-refractivity contribution in [1.29, 1.82) is 0 Å². The molecule has 0 aromatic heterocycles. The Balaban J connectivity index is 2.77. The van der Waals surface area contributed by atoms with E-state index in [4.69, 9.17) is 5.73 Å². The molecule has 12 heavy (non-hydrogen) atoms. The lowest BCUT2D eigenvalue weighted by Gasteiger charge is -2.31. The number of rotatable bonds is 2. The number of nitrogens with two attached hydrogens (primary N) is 1. The molecule has 0 spiro atoms. The highest BCUT2D eigenvalue weighted by Crippen LogP contribution is 2.21. The SMILES string of the molecule is CC1=CSCC(=O)N1C(C)CN. The third-order valence-electron chi connectivity index (χ3n) is 1.89. The molecule has 0 bridgehead atoms.